The Morgan fingerprint density at radius 1 is 1.15 bits per heavy atom. The summed E-state index contributed by atoms with van der Waals surface area (Å²) >= 11 is 0. The zero-order chi connectivity index (χ0) is 24.6. The number of primary amides is 1. The molecule has 8 N–H and O–H groups in total. The van der Waals surface area contributed by atoms with E-state index in [4.69, 9.17) is 25.2 Å². The Bertz CT molecular complexity index is 1100. The van der Waals surface area contributed by atoms with Crippen LogP contribution >= 0.6 is 23.5 Å². The molecule has 1 aliphatic heterocycles. The molecule has 1 aliphatic rings. The first-order valence-corrected chi connectivity index (χ1v) is 12.3. The van der Waals surface area contributed by atoms with Gasteiger partial charge in [0.25, 0.3) is 11.5 Å². The Morgan fingerprint density at radius 3 is 2.24 bits per heavy atom. The van der Waals surface area contributed by atoms with E-state index in [1.165, 1.54) is 0 Å². The molecule has 183 valence electrons. The molecular weight excluding hydrogens is 542 g/mol. The van der Waals surface area contributed by atoms with Crippen molar-refractivity contribution in [1.29, 1.82) is 0 Å². The maximum absolute atomic E-state index is 13.6. The number of nitrogens with zero attached hydrogens (tertiary/aromatic N) is 2. The fraction of sp³-hybridized carbons (Fsp3) is 0.500. The molecule has 6 atom stereocenters. The van der Waals surface area contributed by atoms with Gasteiger partial charge in [0, 0.05) is 29.6 Å². The van der Waals surface area contributed by atoms with E-state index in [-0.39, 0.29) is 29.6 Å². The van der Waals surface area contributed by atoms with Crippen LogP contribution in [0, 0.1) is 5.95 Å². The van der Waals surface area contributed by atoms with Gasteiger partial charge in [-0.3, -0.25) is 18.7 Å². The van der Waals surface area contributed by atoms with E-state index >= 15 is 0 Å². The molecule has 18 nitrogen and oxygen atoms in total. The zero-order valence-corrected chi connectivity index (χ0v) is 20.8. The van der Waals surface area contributed by atoms with Crippen LogP contribution in [0.1, 0.15) is 16.7 Å². The second kappa shape index (κ2) is 11.1. The number of hydrogen-bond donors (Lipinski definition) is 7. The molecule has 0 spiro atoms. The molecule has 2 heterocycles. The summed E-state index contributed by atoms with van der Waals surface area (Å²) in [7, 11) is -17.0. The number of phosphoric acid groups is 3. The SMILES string of the molecule is NC(=O)c1nc(F)cn([13C@@H]2O[13C@H]([13CH2]OP(=O)(O)OP(=O)(O)OP(=O)(O)O)[13C@@H](O)[13C@H]2O)c1=O.[Na]. The molecule has 1 aromatic rings. The maximum atomic E-state index is 13.6. The molecule has 1 aromatic heterocycles. The Balaban J connectivity index is 0.00000544. The van der Waals surface area contributed by atoms with E-state index < -0.39 is 77.7 Å². The van der Waals surface area contributed by atoms with Gasteiger partial charge in [-0.15, -0.1) is 0 Å². The number of aliphatic hydroxyl groups is 2. The summed E-state index contributed by atoms with van der Waals surface area (Å²) in [5.74, 6) is -2.80. The number of hydrogen-bond acceptors (Lipinski definition) is 12. The summed E-state index contributed by atoms with van der Waals surface area (Å²) in [5, 5.41) is 20.1. The third-order valence-corrected chi connectivity index (χ3v) is 7.37. The summed E-state index contributed by atoms with van der Waals surface area (Å²) in [6, 6.07) is 0. The van der Waals surface area contributed by atoms with Crippen molar-refractivity contribution in [3.05, 3.63) is 28.2 Å². The quantitative estimate of drug-likeness (QED) is 0.0908. The molecule has 0 aromatic carbocycles. The van der Waals surface area contributed by atoms with Gasteiger partial charge in [0.1, 0.15) is 18.3 Å². The van der Waals surface area contributed by atoms with E-state index in [0.717, 1.165) is 0 Å². The van der Waals surface area contributed by atoms with E-state index in [9.17, 15) is 42.8 Å². The predicted molar refractivity (Wildman–Crippen MR) is 98.5 cm³/mol. The minimum Gasteiger partial charge on any atom is -0.387 e. The third kappa shape index (κ3) is 8.33. The zero-order valence-electron chi connectivity index (χ0n) is 16.1. The van der Waals surface area contributed by atoms with Gasteiger partial charge >= 0.3 is 23.5 Å². The number of nitrogens with two attached hydrogens (primary N) is 1. The van der Waals surface area contributed by atoms with Gasteiger partial charge in [-0.05, 0) is 0 Å². The Labute approximate surface area is 203 Å². The summed E-state index contributed by atoms with van der Waals surface area (Å²) < 4.78 is 63.8. The van der Waals surface area contributed by atoms with Crippen molar-refractivity contribution >= 4 is 58.9 Å². The molecule has 0 aliphatic carbocycles. The van der Waals surface area contributed by atoms with Gasteiger partial charge in [-0.2, -0.15) is 13.0 Å². The Hall–Kier alpha value is -0.430. The van der Waals surface area contributed by atoms with Crippen molar-refractivity contribution in [2.75, 3.05) is 6.61 Å². The molecule has 2 unspecified atom stereocenters. The van der Waals surface area contributed by atoms with Crippen LogP contribution in [0.4, 0.5) is 4.39 Å². The van der Waals surface area contributed by atoms with Gasteiger partial charge in [-0.25, -0.2) is 18.7 Å². The van der Waals surface area contributed by atoms with Gasteiger partial charge in [0.2, 0.25) is 5.95 Å². The average molecular weight is 557 g/mol. The Kier molecular flexibility index (Phi) is 10.3. The smallest absolute Gasteiger partial charge is 0.387 e. The van der Waals surface area contributed by atoms with E-state index in [0.29, 0.717) is 10.8 Å². The number of amides is 1. The maximum Gasteiger partial charge on any atom is 0.490 e. The van der Waals surface area contributed by atoms with Gasteiger partial charge in [0.15, 0.2) is 11.9 Å². The van der Waals surface area contributed by atoms with E-state index in [1.54, 1.807) is 0 Å². The molecular formula is C10H15FN3NaO15P3. The molecule has 0 bridgehead atoms. The van der Waals surface area contributed by atoms with Crippen LogP contribution in [0.3, 0.4) is 0 Å². The summed E-state index contributed by atoms with van der Waals surface area (Å²) in [4.78, 5) is 61.7. The summed E-state index contributed by atoms with van der Waals surface area (Å²) in [6.07, 6.45) is -7.18. The van der Waals surface area contributed by atoms with E-state index in [1.807, 2.05) is 0 Å². The standard InChI is InChI=1S/C10H15FN3O15P3.Na/c11-4-1-14(9(18)5(13-4)8(12)17)10-7(16)6(15)3(27-10)2-26-31(22,23)29-32(24,25)28-30(19,20)21;/h1,3,6-7,10,15-16H,2H2,(H2,12,17)(H,22,23)(H,24,25)(H2,19,20,21);/t3-,6-,7-,10-;/m1./s1/i2+1,3+1,6+1,7+1,10+1;. The molecule has 2 rings (SSSR count). The number of phosphoric ester groups is 1. The van der Waals surface area contributed by atoms with Crippen LogP contribution in [-0.4, -0.2) is 99.7 Å². The number of halogens is 1. The molecule has 33 heavy (non-hydrogen) atoms. The van der Waals surface area contributed by atoms with Crippen molar-refractivity contribution in [2.24, 2.45) is 5.73 Å². The summed E-state index contributed by atoms with van der Waals surface area (Å²) in [6.45, 7) is -1.18. The minimum atomic E-state index is -5.80. The molecule has 1 fully saturated rings. The van der Waals surface area contributed by atoms with Crippen LogP contribution in [0.2, 0.25) is 0 Å². The number of carbonyl (C=O) groups excluding carboxylic acids is 1. The second-order valence-corrected chi connectivity index (χ2v) is 10.3. The largest absolute Gasteiger partial charge is 0.490 e. The normalized spacial score (nSPS) is 26.8. The molecule has 1 radical (unpaired) electrons. The first-order chi connectivity index (χ1) is 14.4. The van der Waals surface area contributed by atoms with Gasteiger partial charge in [0.05, 0.1) is 12.8 Å². The molecule has 23 heteroatoms. The van der Waals surface area contributed by atoms with Crippen LogP contribution in [0.5, 0.6) is 0 Å². The van der Waals surface area contributed by atoms with Gasteiger partial charge < -0.3 is 40.3 Å². The second-order valence-electron chi connectivity index (χ2n) is 5.92. The minimum absolute atomic E-state index is 0. The first kappa shape index (κ1) is 30.6. The topological polar surface area (TPSA) is 287 Å². The fourth-order valence-corrected chi connectivity index (χ4v) is 5.43. The number of carbonyl (C=O) groups is 1. The van der Waals surface area contributed by atoms with Crippen molar-refractivity contribution in [1.82, 2.24) is 9.55 Å². The molecule has 0 saturated carbocycles. The van der Waals surface area contributed by atoms with Crippen molar-refractivity contribution in [2.45, 2.75) is 24.5 Å². The van der Waals surface area contributed by atoms with Gasteiger partial charge in [-0.1, -0.05) is 0 Å². The van der Waals surface area contributed by atoms with Crippen molar-refractivity contribution < 1.29 is 70.5 Å². The van der Waals surface area contributed by atoms with Crippen LogP contribution < -0.4 is 11.3 Å². The summed E-state index contributed by atoms with van der Waals surface area (Å²) in [5.41, 5.74) is 2.52. The average Bonchev–Trinajstić information content (AvgIpc) is 2.86. The first-order valence-electron chi connectivity index (χ1n) is 7.81. The van der Waals surface area contributed by atoms with Crippen LogP contribution in [0.25, 0.3) is 0 Å². The van der Waals surface area contributed by atoms with Crippen LogP contribution in [0.15, 0.2) is 11.0 Å². The third-order valence-electron chi connectivity index (χ3n) is 3.56. The molecule has 1 saturated heterocycles. The van der Waals surface area contributed by atoms with Crippen molar-refractivity contribution in [3.8, 4) is 0 Å². The number of aliphatic hydroxyl groups excluding tert-OH is 2. The number of aromatic nitrogens is 2. The van der Waals surface area contributed by atoms with Crippen molar-refractivity contribution in [3.63, 3.8) is 0 Å². The predicted octanol–water partition coefficient (Wildman–Crippen LogP) is -2.94. The van der Waals surface area contributed by atoms with E-state index in [2.05, 4.69) is 18.1 Å². The monoisotopic (exact) mass is 557 g/mol. The van der Waals surface area contributed by atoms with Crippen LogP contribution in [-0.2, 0) is 31.6 Å². The fourth-order valence-electron chi connectivity index (χ4n) is 2.40. The number of ether oxygens (including phenoxy) is 1. The molecule has 1 amide bonds. The Morgan fingerprint density at radius 2 is 1.73 bits per heavy atom. The number of rotatable bonds is 9.